The molecule has 0 amide bonds. The van der Waals surface area contributed by atoms with Crippen molar-refractivity contribution in [2.45, 2.75) is 33.2 Å². The van der Waals surface area contributed by atoms with E-state index in [0.29, 0.717) is 0 Å². The molecular weight excluding hydrogens is 224 g/mol. The molecule has 1 fully saturated rings. The number of rotatable bonds is 4. The van der Waals surface area contributed by atoms with Gasteiger partial charge in [-0.3, -0.25) is 9.58 Å². The number of aromatic nitrogens is 2. The van der Waals surface area contributed by atoms with Crippen LogP contribution in [0, 0.1) is 19.8 Å². The molecule has 0 bridgehead atoms. The summed E-state index contributed by atoms with van der Waals surface area (Å²) in [5.41, 5.74) is 3.91. The Morgan fingerprint density at radius 3 is 2.78 bits per heavy atom. The average Bonchev–Trinajstić information content (AvgIpc) is 2.57. The van der Waals surface area contributed by atoms with Crippen LogP contribution in [0.4, 0.5) is 0 Å². The molecule has 102 valence electrons. The minimum atomic E-state index is 0.807. The van der Waals surface area contributed by atoms with Crippen LogP contribution in [0.15, 0.2) is 0 Å². The fraction of sp³-hybridized carbons (Fsp3) is 0.786. The van der Waals surface area contributed by atoms with Gasteiger partial charge in [0.15, 0.2) is 0 Å². The molecule has 1 atom stereocenters. The highest BCUT2D eigenvalue weighted by atomic mass is 15.3. The summed E-state index contributed by atoms with van der Waals surface area (Å²) in [6.45, 7) is 8.94. The van der Waals surface area contributed by atoms with Crippen molar-refractivity contribution in [1.29, 1.82) is 0 Å². The second-order valence-corrected chi connectivity index (χ2v) is 5.57. The molecule has 0 saturated carbocycles. The van der Waals surface area contributed by atoms with Crippen LogP contribution in [-0.4, -0.2) is 41.4 Å². The Morgan fingerprint density at radius 1 is 1.39 bits per heavy atom. The lowest BCUT2D eigenvalue weighted by Crippen LogP contribution is -2.38. The van der Waals surface area contributed by atoms with Crippen LogP contribution in [-0.2, 0) is 13.6 Å². The third kappa shape index (κ3) is 2.93. The summed E-state index contributed by atoms with van der Waals surface area (Å²) in [5, 5.41) is 7.81. The summed E-state index contributed by atoms with van der Waals surface area (Å²) in [5.74, 6) is 0.807. The van der Waals surface area contributed by atoms with Gasteiger partial charge in [-0.2, -0.15) is 5.10 Å². The normalized spacial score (nSPS) is 21.4. The number of nitrogens with zero attached hydrogens (tertiary/aromatic N) is 3. The molecule has 18 heavy (non-hydrogen) atoms. The van der Waals surface area contributed by atoms with Gasteiger partial charge < -0.3 is 5.32 Å². The van der Waals surface area contributed by atoms with Crippen molar-refractivity contribution in [3.05, 3.63) is 17.0 Å². The second kappa shape index (κ2) is 5.85. The summed E-state index contributed by atoms with van der Waals surface area (Å²) in [7, 11) is 4.08. The summed E-state index contributed by atoms with van der Waals surface area (Å²) in [6, 6.07) is 0. The fourth-order valence-corrected chi connectivity index (χ4v) is 3.02. The first kappa shape index (κ1) is 13.6. The van der Waals surface area contributed by atoms with E-state index in [1.54, 1.807) is 0 Å². The highest BCUT2D eigenvalue weighted by molar-refractivity contribution is 5.24. The van der Waals surface area contributed by atoms with E-state index in [1.807, 2.05) is 18.8 Å². The molecule has 1 saturated heterocycles. The molecule has 1 aliphatic rings. The first-order chi connectivity index (χ1) is 8.61. The van der Waals surface area contributed by atoms with E-state index in [-0.39, 0.29) is 0 Å². The third-order valence-corrected chi connectivity index (χ3v) is 4.14. The Labute approximate surface area is 110 Å². The van der Waals surface area contributed by atoms with Crippen molar-refractivity contribution < 1.29 is 0 Å². The monoisotopic (exact) mass is 250 g/mol. The average molecular weight is 250 g/mol. The zero-order valence-electron chi connectivity index (χ0n) is 12.2. The van der Waals surface area contributed by atoms with Gasteiger partial charge in [0.1, 0.15) is 0 Å². The van der Waals surface area contributed by atoms with E-state index < -0.39 is 0 Å². The lowest BCUT2D eigenvalue weighted by atomic mass is 9.97. The van der Waals surface area contributed by atoms with Crippen molar-refractivity contribution in [1.82, 2.24) is 20.0 Å². The van der Waals surface area contributed by atoms with Crippen LogP contribution in [0.25, 0.3) is 0 Å². The minimum absolute atomic E-state index is 0.807. The van der Waals surface area contributed by atoms with E-state index >= 15 is 0 Å². The smallest absolute Gasteiger partial charge is 0.0641 e. The van der Waals surface area contributed by atoms with Crippen molar-refractivity contribution in [3.63, 3.8) is 0 Å². The van der Waals surface area contributed by atoms with Crippen LogP contribution < -0.4 is 5.32 Å². The molecule has 2 heterocycles. The van der Waals surface area contributed by atoms with E-state index in [9.17, 15) is 0 Å². The van der Waals surface area contributed by atoms with Crippen molar-refractivity contribution in [3.8, 4) is 0 Å². The fourth-order valence-electron chi connectivity index (χ4n) is 3.02. The second-order valence-electron chi connectivity index (χ2n) is 5.57. The van der Waals surface area contributed by atoms with Crippen LogP contribution >= 0.6 is 0 Å². The van der Waals surface area contributed by atoms with Crippen molar-refractivity contribution in [2.24, 2.45) is 13.0 Å². The number of aryl methyl sites for hydroxylation is 2. The molecule has 1 aromatic heterocycles. The Balaban J connectivity index is 2.00. The van der Waals surface area contributed by atoms with E-state index in [0.717, 1.165) is 19.0 Å². The van der Waals surface area contributed by atoms with Crippen LogP contribution in [0.2, 0.25) is 0 Å². The Kier molecular flexibility index (Phi) is 4.40. The maximum atomic E-state index is 4.51. The molecule has 0 aromatic carbocycles. The Morgan fingerprint density at radius 2 is 2.17 bits per heavy atom. The van der Waals surface area contributed by atoms with E-state index in [1.165, 1.54) is 42.9 Å². The molecule has 1 N–H and O–H groups in total. The predicted octanol–water partition coefficient (Wildman–Crippen LogP) is 1.47. The topological polar surface area (TPSA) is 33.1 Å². The molecule has 1 unspecified atom stereocenters. The quantitative estimate of drug-likeness (QED) is 0.878. The zero-order chi connectivity index (χ0) is 13.1. The van der Waals surface area contributed by atoms with Gasteiger partial charge >= 0.3 is 0 Å². The van der Waals surface area contributed by atoms with E-state index in [2.05, 4.69) is 29.2 Å². The standard InChI is InChI=1S/C14H26N4/c1-11-14(12(2)17(4)16-11)10-18-7-5-6-13(9-18)8-15-3/h13,15H,5-10H2,1-4H3. The number of piperidine rings is 1. The molecule has 1 aromatic rings. The van der Waals surface area contributed by atoms with Crippen LogP contribution in [0.3, 0.4) is 0 Å². The third-order valence-electron chi connectivity index (χ3n) is 4.14. The Hall–Kier alpha value is -0.870. The number of likely N-dealkylation sites (tertiary alicyclic amines) is 1. The maximum Gasteiger partial charge on any atom is 0.0641 e. The summed E-state index contributed by atoms with van der Waals surface area (Å²) in [6.07, 6.45) is 2.69. The summed E-state index contributed by atoms with van der Waals surface area (Å²) < 4.78 is 2.00. The van der Waals surface area contributed by atoms with Gasteiger partial charge in [-0.25, -0.2) is 0 Å². The molecular formula is C14H26N4. The number of hydrogen-bond donors (Lipinski definition) is 1. The summed E-state index contributed by atoms with van der Waals surface area (Å²) in [4.78, 5) is 2.59. The molecule has 4 nitrogen and oxygen atoms in total. The maximum absolute atomic E-state index is 4.51. The zero-order valence-corrected chi connectivity index (χ0v) is 12.2. The van der Waals surface area contributed by atoms with Gasteiger partial charge in [-0.1, -0.05) is 0 Å². The highest BCUT2D eigenvalue weighted by Gasteiger charge is 2.21. The van der Waals surface area contributed by atoms with Gasteiger partial charge in [0.05, 0.1) is 5.69 Å². The largest absolute Gasteiger partial charge is 0.319 e. The van der Waals surface area contributed by atoms with Crippen LogP contribution in [0.5, 0.6) is 0 Å². The van der Waals surface area contributed by atoms with Crippen molar-refractivity contribution >= 4 is 0 Å². The summed E-state index contributed by atoms with van der Waals surface area (Å²) >= 11 is 0. The first-order valence-electron chi connectivity index (χ1n) is 6.97. The van der Waals surface area contributed by atoms with Gasteiger partial charge in [-0.15, -0.1) is 0 Å². The molecule has 1 aliphatic heterocycles. The molecule has 2 rings (SSSR count). The lowest BCUT2D eigenvalue weighted by molar-refractivity contribution is 0.166. The highest BCUT2D eigenvalue weighted by Crippen LogP contribution is 2.20. The number of hydrogen-bond acceptors (Lipinski definition) is 3. The Bertz CT molecular complexity index is 395. The minimum Gasteiger partial charge on any atom is -0.319 e. The van der Waals surface area contributed by atoms with Crippen molar-refractivity contribution in [2.75, 3.05) is 26.7 Å². The van der Waals surface area contributed by atoms with Gasteiger partial charge in [0, 0.05) is 31.4 Å². The van der Waals surface area contributed by atoms with Crippen LogP contribution in [0.1, 0.15) is 29.8 Å². The van der Waals surface area contributed by atoms with Gasteiger partial charge in [0.2, 0.25) is 0 Å². The van der Waals surface area contributed by atoms with Gasteiger partial charge in [-0.05, 0) is 52.7 Å². The van der Waals surface area contributed by atoms with E-state index in [4.69, 9.17) is 0 Å². The molecule has 0 radical (unpaired) electrons. The lowest BCUT2D eigenvalue weighted by Gasteiger charge is -2.32. The molecule has 0 spiro atoms. The predicted molar refractivity (Wildman–Crippen MR) is 74.6 cm³/mol. The molecule has 4 heteroatoms. The SMILES string of the molecule is CNCC1CCCN(Cc2c(C)nn(C)c2C)C1. The van der Waals surface area contributed by atoms with Gasteiger partial charge in [0.25, 0.3) is 0 Å². The first-order valence-corrected chi connectivity index (χ1v) is 6.97. The number of nitrogens with one attached hydrogen (secondary N) is 1. The molecule has 0 aliphatic carbocycles.